The molecular weight excluding hydrogens is 372 g/mol. The van der Waals surface area contributed by atoms with Gasteiger partial charge in [-0.05, 0) is 25.0 Å². The second-order valence-corrected chi connectivity index (χ2v) is 7.13. The van der Waals surface area contributed by atoms with Gasteiger partial charge in [0.2, 0.25) is 0 Å². The number of carbonyl (C=O) groups is 2. The summed E-state index contributed by atoms with van der Waals surface area (Å²) in [6.45, 7) is 1.39. The van der Waals surface area contributed by atoms with Crippen LogP contribution in [0.3, 0.4) is 0 Å². The molecule has 2 heterocycles. The number of halogens is 1. The summed E-state index contributed by atoms with van der Waals surface area (Å²) in [6, 6.07) is 2.85. The number of nitrogen functional groups attached to an aromatic ring is 1. The van der Waals surface area contributed by atoms with Crippen molar-refractivity contribution >= 4 is 41.1 Å². The lowest BCUT2D eigenvalue weighted by Crippen LogP contribution is -2.59. The Kier molecular flexibility index (Phi) is 5.27. The lowest BCUT2D eigenvalue weighted by Gasteiger charge is -2.41. The molecule has 27 heavy (non-hydrogen) atoms. The predicted octanol–water partition coefficient (Wildman–Crippen LogP) is 1.04. The van der Waals surface area contributed by atoms with Crippen molar-refractivity contribution < 1.29 is 14.3 Å². The van der Waals surface area contributed by atoms with E-state index >= 15 is 0 Å². The quantitative estimate of drug-likeness (QED) is 0.225. The monoisotopic (exact) mass is 394 g/mol. The molecule has 0 aliphatic carbocycles. The number of rotatable bonds is 5. The molecule has 2 aliphatic heterocycles. The molecule has 9 nitrogen and oxygen atoms in total. The third-order valence-corrected chi connectivity index (χ3v) is 5.51. The summed E-state index contributed by atoms with van der Waals surface area (Å²) in [5.41, 5.74) is 6.67. The fraction of sp³-hybridized carbons (Fsp3) is 0.471. The lowest BCUT2D eigenvalue weighted by atomic mass is 9.86. The van der Waals surface area contributed by atoms with E-state index < -0.39 is 11.6 Å². The first-order valence-electron chi connectivity index (χ1n) is 8.60. The van der Waals surface area contributed by atoms with Gasteiger partial charge in [-0.15, -0.1) is 0 Å². The topological polar surface area (TPSA) is 129 Å². The van der Waals surface area contributed by atoms with Crippen LogP contribution in [-0.2, 0) is 9.53 Å². The molecule has 0 radical (unpaired) electrons. The van der Waals surface area contributed by atoms with Crippen molar-refractivity contribution in [1.82, 2.24) is 9.91 Å². The summed E-state index contributed by atoms with van der Waals surface area (Å²) < 4.78 is 4.97. The smallest absolute Gasteiger partial charge is 0.342 e. The zero-order valence-corrected chi connectivity index (χ0v) is 15.8. The van der Waals surface area contributed by atoms with Gasteiger partial charge < -0.3 is 20.8 Å². The second kappa shape index (κ2) is 7.34. The van der Waals surface area contributed by atoms with Crippen LogP contribution in [0, 0.1) is 5.41 Å². The number of hydrazine groups is 1. The number of hydrogen-bond donors (Lipinski definition) is 3. The molecule has 0 aromatic heterocycles. The highest BCUT2D eigenvalue weighted by molar-refractivity contribution is 6.31. The van der Waals surface area contributed by atoms with Gasteiger partial charge in [0.05, 0.1) is 13.2 Å². The highest BCUT2D eigenvalue weighted by atomic mass is 35.5. The number of nitrogens with one attached hydrogen (secondary N) is 1. The number of anilines is 2. The summed E-state index contributed by atoms with van der Waals surface area (Å²) in [4.78, 5) is 28.5. The predicted molar refractivity (Wildman–Crippen MR) is 103 cm³/mol. The molecule has 0 saturated carbocycles. The third-order valence-electron chi connectivity index (χ3n) is 5.29. The fourth-order valence-corrected chi connectivity index (χ4v) is 3.97. The van der Waals surface area contributed by atoms with E-state index in [0.29, 0.717) is 42.2 Å². The number of benzene rings is 1. The molecule has 146 valence electrons. The van der Waals surface area contributed by atoms with Crippen LogP contribution in [0.4, 0.5) is 16.2 Å². The van der Waals surface area contributed by atoms with E-state index in [9.17, 15) is 9.59 Å². The normalized spacial score (nSPS) is 19.3. The summed E-state index contributed by atoms with van der Waals surface area (Å²) in [6.07, 6.45) is 1.94. The molecule has 1 aromatic carbocycles. The molecule has 3 amide bonds. The number of hydrogen-bond acceptors (Lipinski definition) is 7. The maximum Gasteiger partial charge on any atom is 0.342 e. The van der Waals surface area contributed by atoms with Gasteiger partial charge in [-0.3, -0.25) is 9.69 Å². The van der Waals surface area contributed by atoms with E-state index in [1.165, 1.54) is 13.3 Å². The largest absolute Gasteiger partial charge is 0.398 e. The average Bonchev–Trinajstić information content (AvgIpc) is 2.82. The number of nitrogens with two attached hydrogens (primary N) is 2. The van der Waals surface area contributed by atoms with Crippen molar-refractivity contribution in [2.24, 2.45) is 5.84 Å². The van der Waals surface area contributed by atoms with Crippen LogP contribution in [0.25, 0.3) is 0 Å². The van der Waals surface area contributed by atoms with E-state index in [4.69, 9.17) is 33.3 Å². The number of carbonyl (C=O) groups excluding carboxylic acids is 2. The van der Waals surface area contributed by atoms with Crippen LogP contribution in [0.5, 0.6) is 0 Å². The molecule has 3 rings (SSSR count). The molecule has 2 aliphatic rings. The van der Waals surface area contributed by atoms with Gasteiger partial charge >= 0.3 is 6.03 Å². The number of amides is 3. The zero-order chi connectivity index (χ0) is 19.8. The van der Waals surface area contributed by atoms with Crippen molar-refractivity contribution in [3.63, 3.8) is 0 Å². The van der Waals surface area contributed by atoms with Crippen LogP contribution >= 0.6 is 11.6 Å². The Labute approximate surface area is 162 Å². The second-order valence-electron chi connectivity index (χ2n) is 6.69. The minimum Gasteiger partial charge on any atom is -0.398 e. The van der Waals surface area contributed by atoms with Crippen molar-refractivity contribution in [3.05, 3.63) is 22.7 Å². The maximum atomic E-state index is 12.9. The van der Waals surface area contributed by atoms with Crippen LogP contribution in [0.15, 0.2) is 12.1 Å². The van der Waals surface area contributed by atoms with E-state index in [0.717, 1.165) is 15.6 Å². The maximum absolute atomic E-state index is 12.9. The number of urea groups is 1. The number of methoxy groups -OCH3 is 1. The van der Waals surface area contributed by atoms with Crippen molar-refractivity contribution in [3.8, 4) is 0 Å². The summed E-state index contributed by atoms with van der Waals surface area (Å²) >= 11 is 6.12. The van der Waals surface area contributed by atoms with Crippen LogP contribution in [-0.4, -0.2) is 67.0 Å². The Balaban J connectivity index is 1.82. The molecule has 1 spiro atoms. The van der Waals surface area contributed by atoms with Crippen LogP contribution in [0.1, 0.15) is 18.4 Å². The Morgan fingerprint density at radius 3 is 2.59 bits per heavy atom. The zero-order valence-electron chi connectivity index (χ0n) is 15.1. The first kappa shape index (κ1) is 19.4. The molecule has 2 fully saturated rings. The summed E-state index contributed by atoms with van der Waals surface area (Å²) in [5, 5.41) is 9.18. The molecule has 2 saturated heterocycles. The van der Waals surface area contributed by atoms with Crippen molar-refractivity contribution in [2.45, 2.75) is 18.4 Å². The first-order chi connectivity index (χ1) is 12.9. The Bertz CT molecular complexity index is 778. The molecule has 0 unspecified atom stereocenters. The Morgan fingerprint density at radius 2 is 2.00 bits per heavy atom. The summed E-state index contributed by atoms with van der Waals surface area (Å²) in [7, 11) is 1.51. The lowest BCUT2D eigenvalue weighted by molar-refractivity contribution is -0.134. The fourth-order valence-electron chi connectivity index (χ4n) is 3.75. The molecule has 10 heteroatoms. The standard InChI is InChI=1S/C17H23ClN6O3/c1-27-7-6-23-15(25)17(24(21)16(23)26)2-4-22(5-3-17)14-9-11(18)8-13(20)12(14)10-19/h8-10,19H,2-7,20-21H2,1H3. The molecule has 5 N–H and O–H groups in total. The average molecular weight is 395 g/mol. The summed E-state index contributed by atoms with van der Waals surface area (Å²) in [5.74, 6) is 5.73. The van der Waals surface area contributed by atoms with Gasteiger partial charge in [-0.1, -0.05) is 11.6 Å². The molecule has 1 aromatic rings. The van der Waals surface area contributed by atoms with E-state index in [1.54, 1.807) is 12.1 Å². The van der Waals surface area contributed by atoms with Gasteiger partial charge in [0.15, 0.2) is 0 Å². The van der Waals surface area contributed by atoms with Gasteiger partial charge in [0.25, 0.3) is 5.91 Å². The number of nitrogens with zero attached hydrogens (tertiary/aromatic N) is 3. The first-order valence-corrected chi connectivity index (χ1v) is 8.97. The van der Waals surface area contributed by atoms with Gasteiger partial charge in [0, 0.05) is 48.4 Å². The number of piperidine rings is 1. The molecular formula is C17H23ClN6O3. The molecule has 0 bridgehead atoms. The third kappa shape index (κ3) is 3.11. The van der Waals surface area contributed by atoms with Crippen LogP contribution < -0.4 is 16.5 Å². The Hall–Kier alpha value is -2.36. The molecule has 0 atom stereocenters. The van der Waals surface area contributed by atoms with E-state index in [1.807, 2.05) is 4.90 Å². The minimum atomic E-state index is -1.05. The minimum absolute atomic E-state index is 0.177. The van der Waals surface area contributed by atoms with Crippen LogP contribution in [0.2, 0.25) is 5.02 Å². The highest BCUT2D eigenvalue weighted by Gasteiger charge is 2.57. The van der Waals surface area contributed by atoms with Gasteiger partial charge in [-0.25, -0.2) is 15.6 Å². The van der Waals surface area contributed by atoms with Crippen molar-refractivity contribution in [2.75, 3.05) is 44.0 Å². The van der Waals surface area contributed by atoms with E-state index in [2.05, 4.69) is 0 Å². The van der Waals surface area contributed by atoms with E-state index in [-0.39, 0.29) is 19.1 Å². The number of ether oxygens (including phenoxy) is 1. The SMILES string of the molecule is COCCN1C(=O)N(N)C2(CCN(c3cc(Cl)cc(N)c3C=N)CC2)C1=O. The van der Waals surface area contributed by atoms with Gasteiger partial charge in [0.1, 0.15) is 5.54 Å². The highest BCUT2D eigenvalue weighted by Crippen LogP contribution is 2.38. The Morgan fingerprint density at radius 1 is 1.33 bits per heavy atom. The number of imide groups is 1. The van der Waals surface area contributed by atoms with Crippen molar-refractivity contribution in [1.29, 1.82) is 5.41 Å². The van der Waals surface area contributed by atoms with Gasteiger partial charge in [-0.2, -0.15) is 0 Å².